The maximum atomic E-state index is 12.7. The van der Waals surface area contributed by atoms with Gasteiger partial charge in [-0.1, -0.05) is 23.4 Å². The van der Waals surface area contributed by atoms with E-state index < -0.39 is 5.97 Å². The van der Waals surface area contributed by atoms with Crippen molar-refractivity contribution in [3.63, 3.8) is 0 Å². The van der Waals surface area contributed by atoms with Gasteiger partial charge >= 0.3 is 5.97 Å². The van der Waals surface area contributed by atoms with Crippen molar-refractivity contribution < 1.29 is 28.5 Å². The van der Waals surface area contributed by atoms with E-state index in [1.165, 1.54) is 39.1 Å². The molecule has 218 valence electrons. The summed E-state index contributed by atoms with van der Waals surface area (Å²) in [6.45, 7) is 3.76. The molecule has 1 N–H and O–H groups in total. The number of carbonyl (C=O) groups excluding carboxylic acids is 2. The molecule has 0 radical (unpaired) electrons. The van der Waals surface area contributed by atoms with Gasteiger partial charge in [-0.05, 0) is 67.6 Å². The lowest BCUT2D eigenvalue weighted by molar-refractivity contribution is -0.132. The largest absolute Gasteiger partial charge is 0.494 e. The van der Waals surface area contributed by atoms with Crippen molar-refractivity contribution in [2.24, 2.45) is 5.10 Å². The van der Waals surface area contributed by atoms with E-state index in [1.807, 2.05) is 47.9 Å². The SMILES string of the molecule is CCOc1ccc(-n2c(SCC(=O)N/N=C/c3cc(OC)c(OC(C)=O)c(OC)c3)nnc2-c2ccc(Cl)cc2)cc1. The van der Waals surface area contributed by atoms with Gasteiger partial charge in [0, 0.05) is 28.8 Å². The molecular weight excluding hydrogens is 582 g/mol. The Morgan fingerprint density at radius 2 is 1.69 bits per heavy atom. The van der Waals surface area contributed by atoms with Crippen LogP contribution in [0.4, 0.5) is 0 Å². The van der Waals surface area contributed by atoms with Crippen molar-refractivity contribution in [2.45, 2.75) is 19.0 Å². The number of benzene rings is 3. The number of halogens is 1. The van der Waals surface area contributed by atoms with Gasteiger partial charge in [0.1, 0.15) is 5.75 Å². The molecule has 4 aromatic rings. The summed E-state index contributed by atoms with van der Waals surface area (Å²) in [4.78, 5) is 24.1. The van der Waals surface area contributed by atoms with E-state index in [9.17, 15) is 9.59 Å². The van der Waals surface area contributed by atoms with Crippen molar-refractivity contribution in [1.82, 2.24) is 20.2 Å². The summed E-state index contributed by atoms with van der Waals surface area (Å²) in [5.74, 6) is 1.18. The van der Waals surface area contributed by atoms with Gasteiger partial charge in [0.05, 0.1) is 32.8 Å². The van der Waals surface area contributed by atoms with E-state index >= 15 is 0 Å². The maximum absolute atomic E-state index is 12.7. The molecule has 0 atom stereocenters. The Bertz CT molecular complexity index is 1550. The molecule has 1 amide bonds. The van der Waals surface area contributed by atoms with Crippen molar-refractivity contribution in [3.8, 4) is 40.1 Å². The third-order valence-corrected chi connectivity index (χ3v) is 6.79. The van der Waals surface area contributed by atoms with Crippen LogP contribution in [-0.4, -0.2) is 59.4 Å². The molecule has 3 aromatic carbocycles. The third kappa shape index (κ3) is 7.59. The minimum absolute atomic E-state index is 0.0190. The summed E-state index contributed by atoms with van der Waals surface area (Å²) < 4.78 is 23.3. The molecule has 0 bridgehead atoms. The Balaban J connectivity index is 1.50. The number of nitrogens with zero attached hydrogens (tertiary/aromatic N) is 4. The number of hydrogen-bond donors (Lipinski definition) is 1. The number of amides is 1. The number of hydrazone groups is 1. The zero-order chi connectivity index (χ0) is 30.1. The van der Waals surface area contributed by atoms with Crippen molar-refractivity contribution in [2.75, 3.05) is 26.6 Å². The van der Waals surface area contributed by atoms with Gasteiger partial charge in [-0.25, -0.2) is 5.43 Å². The Kier molecular flexibility index (Phi) is 10.4. The van der Waals surface area contributed by atoms with Crippen LogP contribution in [0.25, 0.3) is 17.1 Å². The summed E-state index contributed by atoms with van der Waals surface area (Å²) >= 11 is 7.29. The van der Waals surface area contributed by atoms with Gasteiger partial charge in [0.15, 0.2) is 22.5 Å². The minimum atomic E-state index is -0.517. The molecule has 0 fully saturated rings. The van der Waals surface area contributed by atoms with Crippen molar-refractivity contribution in [1.29, 1.82) is 0 Å². The first-order chi connectivity index (χ1) is 20.3. The summed E-state index contributed by atoms with van der Waals surface area (Å²) in [6.07, 6.45) is 1.42. The zero-order valence-electron chi connectivity index (χ0n) is 23.3. The highest BCUT2D eigenvalue weighted by Crippen LogP contribution is 2.38. The highest BCUT2D eigenvalue weighted by molar-refractivity contribution is 7.99. The number of rotatable bonds is 12. The molecule has 0 saturated heterocycles. The van der Waals surface area contributed by atoms with Crippen LogP contribution >= 0.6 is 23.4 Å². The Labute approximate surface area is 251 Å². The van der Waals surface area contributed by atoms with E-state index in [4.69, 9.17) is 30.5 Å². The summed E-state index contributed by atoms with van der Waals surface area (Å²) in [6, 6.07) is 18.0. The summed E-state index contributed by atoms with van der Waals surface area (Å²) in [5.41, 5.74) is 4.67. The third-order valence-electron chi connectivity index (χ3n) is 5.61. The van der Waals surface area contributed by atoms with Crippen LogP contribution in [0.5, 0.6) is 23.0 Å². The van der Waals surface area contributed by atoms with Crippen LogP contribution in [0.3, 0.4) is 0 Å². The number of methoxy groups -OCH3 is 2. The number of ether oxygens (including phenoxy) is 4. The number of nitrogens with one attached hydrogen (secondary N) is 1. The summed E-state index contributed by atoms with van der Waals surface area (Å²) in [7, 11) is 2.87. The lowest BCUT2D eigenvalue weighted by Crippen LogP contribution is -2.20. The molecule has 11 nitrogen and oxygen atoms in total. The molecule has 1 heterocycles. The van der Waals surface area contributed by atoms with E-state index in [2.05, 4.69) is 20.7 Å². The Morgan fingerprint density at radius 1 is 1.02 bits per heavy atom. The smallest absolute Gasteiger partial charge is 0.308 e. The fraction of sp³-hybridized carbons (Fsp3) is 0.207. The normalized spacial score (nSPS) is 10.9. The second-order valence-electron chi connectivity index (χ2n) is 8.51. The van der Waals surface area contributed by atoms with Crippen molar-refractivity contribution >= 4 is 41.5 Å². The van der Waals surface area contributed by atoms with Gasteiger partial charge in [0.25, 0.3) is 5.91 Å². The van der Waals surface area contributed by atoms with Crippen LogP contribution in [0, 0.1) is 0 Å². The predicted molar refractivity (Wildman–Crippen MR) is 160 cm³/mol. The molecule has 0 spiro atoms. The molecule has 0 aliphatic heterocycles. The highest BCUT2D eigenvalue weighted by Gasteiger charge is 2.18. The average Bonchev–Trinajstić information content (AvgIpc) is 3.41. The fourth-order valence-corrected chi connectivity index (χ4v) is 4.67. The first-order valence-corrected chi connectivity index (χ1v) is 14.0. The van der Waals surface area contributed by atoms with Gasteiger partial charge in [-0.2, -0.15) is 5.10 Å². The fourth-order valence-electron chi connectivity index (χ4n) is 3.80. The first-order valence-electron chi connectivity index (χ1n) is 12.7. The number of esters is 1. The monoisotopic (exact) mass is 609 g/mol. The molecule has 1 aromatic heterocycles. The molecule has 0 aliphatic carbocycles. The predicted octanol–water partition coefficient (Wildman–Crippen LogP) is 5.17. The molecule has 4 rings (SSSR count). The molecule has 0 aliphatic rings. The van der Waals surface area contributed by atoms with E-state index in [0.29, 0.717) is 28.2 Å². The number of thioether (sulfide) groups is 1. The van der Waals surface area contributed by atoms with E-state index in [-0.39, 0.29) is 28.9 Å². The Morgan fingerprint density at radius 3 is 2.29 bits per heavy atom. The van der Waals surface area contributed by atoms with Crippen LogP contribution in [0.15, 0.2) is 70.9 Å². The van der Waals surface area contributed by atoms with Crippen molar-refractivity contribution in [3.05, 3.63) is 71.2 Å². The lowest BCUT2D eigenvalue weighted by Gasteiger charge is -2.13. The maximum Gasteiger partial charge on any atom is 0.308 e. The summed E-state index contributed by atoms with van der Waals surface area (Å²) in [5, 5.41) is 13.9. The lowest BCUT2D eigenvalue weighted by atomic mass is 10.2. The van der Waals surface area contributed by atoms with Crippen LogP contribution in [0.2, 0.25) is 5.02 Å². The van der Waals surface area contributed by atoms with Gasteiger partial charge in [0.2, 0.25) is 5.75 Å². The molecule has 42 heavy (non-hydrogen) atoms. The van der Waals surface area contributed by atoms with Gasteiger partial charge < -0.3 is 18.9 Å². The number of hydrogen-bond acceptors (Lipinski definition) is 10. The number of aromatic nitrogens is 3. The highest BCUT2D eigenvalue weighted by atomic mass is 35.5. The molecule has 0 saturated carbocycles. The topological polar surface area (TPSA) is 126 Å². The van der Waals surface area contributed by atoms with Crippen LogP contribution in [0.1, 0.15) is 19.4 Å². The molecular formula is C29H28ClN5O6S. The van der Waals surface area contributed by atoms with Crippen LogP contribution in [-0.2, 0) is 9.59 Å². The average molecular weight is 610 g/mol. The zero-order valence-corrected chi connectivity index (χ0v) is 24.9. The van der Waals surface area contributed by atoms with Crippen LogP contribution < -0.4 is 24.4 Å². The molecule has 13 heteroatoms. The molecule has 0 unspecified atom stereocenters. The first kappa shape index (κ1) is 30.4. The van der Waals surface area contributed by atoms with Gasteiger partial charge in [-0.3, -0.25) is 14.2 Å². The second kappa shape index (κ2) is 14.4. The van der Waals surface area contributed by atoms with E-state index in [1.54, 1.807) is 24.3 Å². The Hall–Kier alpha value is -4.55. The standard InChI is InChI=1S/C29H28ClN5O6S/c1-5-40-23-12-10-22(11-13-23)35-28(20-6-8-21(30)9-7-20)33-34-29(35)42-17-26(37)32-31-16-19-14-24(38-3)27(41-18(2)36)25(15-19)39-4/h6-16H,5,17H2,1-4H3,(H,32,37)/b31-16+. The second-order valence-corrected chi connectivity index (χ2v) is 9.88. The minimum Gasteiger partial charge on any atom is -0.494 e. The van der Waals surface area contributed by atoms with Gasteiger partial charge in [-0.15, -0.1) is 10.2 Å². The number of carbonyl (C=O) groups is 2. The quantitative estimate of drug-likeness (QED) is 0.0761. The van der Waals surface area contributed by atoms with E-state index in [0.717, 1.165) is 17.0 Å².